The summed E-state index contributed by atoms with van der Waals surface area (Å²) in [5.74, 6) is 2.35. The number of likely N-dealkylation sites (N-methyl/N-ethyl adjacent to an activating group) is 1. The van der Waals surface area contributed by atoms with Crippen molar-refractivity contribution in [3.8, 4) is 0 Å². The lowest BCUT2D eigenvalue weighted by Gasteiger charge is -2.29. The number of aromatic nitrogens is 1. The molecule has 21 heavy (non-hydrogen) atoms. The topological polar surface area (TPSA) is 16.1 Å². The Bertz CT molecular complexity index is 505. The van der Waals surface area contributed by atoms with E-state index < -0.39 is 0 Å². The lowest BCUT2D eigenvalue weighted by atomic mass is 9.78. The maximum Gasteiger partial charge on any atom is 0.0410 e. The quantitative estimate of drug-likeness (QED) is 0.785. The van der Waals surface area contributed by atoms with E-state index in [1.807, 2.05) is 0 Å². The largest absolute Gasteiger partial charge is 0.302 e. The molecule has 2 rings (SSSR count). The highest BCUT2D eigenvalue weighted by molar-refractivity contribution is 5.44. The van der Waals surface area contributed by atoms with Gasteiger partial charge in [-0.2, -0.15) is 0 Å². The summed E-state index contributed by atoms with van der Waals surface area (Å²) in [4.78, 5) is 7.28. The molecule has 2 nitrogen and oxygen atoms in total. The lowest BCUT2D eigenvalue weighted by Crippen LogP contribution is -2.34. The molecule has 0 aliphatic carbocycles. The van der Waals surface area contributed by atoms with E-state index in [-0.39, 0.29) is 0 Å². The van der Waals surface area contributed by atoms with Crippen LogP contribution < -0.4 is 0 Å². The third-order valence-electron chi connectivity index (χ3n) is 5.54. The first-order chi connectivity index (χ1) is 9.75. The van der Waals surface area contributed by atoms with Gasteiger partial charge in [-0.05, 0) is 61.3 Å². The molecule has 1 aliphatic rings. The Balaban J connectivity index is 2.74. The standard InChI is InChI=1S/C19H32N2/c1-11(2)16-9-20-14(6)18-13(5)15(7)21(8)10-17(12(3)4)19(16)18/h9,11-13,15,17H,10H2,1-8H3/t13-,15+,17?/m0/s1. The predicted molar refractivity (Wildman–Crippen MR) is 91.1 cm³/mol. The van der Waals surface area contributed by atoms with Crippen LogP contribution in [0, 0.1) is 12.8 Å². The molecule has 0 amide bonds. The lowest BCUT2D eigenvalue weighted by molar-refractivity contribution is 0.216. The monoisotopic (exact) mass is 288 g/mol. The summed E-state index contributed by atoms with van der Waals surface area (Å²) in [7, 11) is 2.28. The number of hydrogen-bond donors (Lipinski definition) is 0. The van der Waals surface area contributed by atoms with Crippen molar-refractivity contribution in [1.82, 2.24) is 9.88 Å². The number of nitrogens with zero attached hydrogens (tertiary/aromatic N) is 2. The second-order valence-corrected chi connectivity index (χ2v) is 7.60. The van der Waals surface area contributed by atoms with Gasteiger partial charge in [0.05, 0.1) is 0 Å². The number of fused-ring (bicyclic) bond motifs is 1. The van der Waals surface area contributed by atoms with Crippen LogP contribution in [0.1, 0.15) is 81.7 Å². The van der Waals surface area contributed by atoms with Gasteiger partial charge in [0.15, 0.2) is 0 Å². The zero-order chi connectivity index (χ0) is 15.9. The summed E-state index contributed by atoms with van der Waals surface area (Å²) in [6.45, 7) is 17.4. The van der Waals surface area contributed by atoms with E-state index in [2.05, 4.69) is 66.6 Å². The van der Waals surface area contributed by atoms with Crippen molar-refractivity contribution in [2.45, 2.75) is 72.3 Å². The molecule has 1 aliphatic heterocycles. The number of rotatable bonds is 2. The van der Waals surface area contributed by atoms with Gasteiger partial charge in [0.25, 0.3) is 0 Å². The SMILES string of the molecule is Cc1ncc(C(C)C)c2c1[C@@H](C)[C@@H](C)N(C)CC2C(C)C. The van der Waals surface area contributed by atoms with Crippen molar-refractivity contribution in [2.24, 2.45) is 5.92 Å². The van der Waals surface area contributed by atoms with Crippen LogP contribution >= 0.6 is 0 Å². The summed E-state index contributed by atoms with van der Waals surface area (Å²) in [5.41, 5.74) is 5.83. The first-order valence-electron chi connectivity index (χ1n) is 8.45. The minimum atomic E-state index is 0.541. The molecule has 118 valence electrons. The molecule has 0 saturated carbocycles. The van der Waals surface area contributed by atoms with Crippen molar-refractivity contribution in [3.63, 3.8) is 0 Å². The average molecular weight is 288 g/mol. The second-order valence-electron chi connectivity index (χ2n) is 7.60. The fraction of sp³-hybridized carbons (Fsp3) is 0.737. The molecular formula is C19H32N2. The van der Waals surface area contributed by atoms with E-state index in [0.717, 1.165) is 6.54 Å². The Morgan fingerprint density at radius 3 is 2.29 bits per heavy atom. The highest BCUT2D eigenvalue weighted by atomic mass is 15.1. The van der Waals surface area contributed by atoms with Gasteiger partial charge in [0.1, 0.15) is 0 Å². The molecule has 1 aromatic heterocycles. The Labute approximate surface area is 131 Å². The van der Waals surface area contributed by atoms with Crippen LogP contribution in [0.2, 0.25) is 0 Å². The summed E-state index contributed by atoms with van der Waals surface area (Å²) in [6, 6.07) is 0.565. The predicted octanol–water partition coefficient (Wildman–Crippen LogP) is 4.69. The van der Waals surface area contributed by atoms with E-state index in [0.29, 0.717) is 29.7 Å². The molecule has 0 aromatic carbocycles. The van der Waals surface area contributed by atoms with Crippen molar-refractivity contribution in [2.75, 3.05) is 13.6 Å². The van der Waals surface area contributed by atoms with Gasteiger partial charge in [0, 0.05) is 24.5 Å². The fourth-order valence-corrected chi connectivity index (χ4v) is 3.84. The van der Waals surface area contributed by atoms with Crippen molar-refractivity contribution >= 4 is 0 Å². The fourth-order valence-electron chi connectivity index (χ4n) is 3.84. The van der Waals surface area contributed by atoms with E-state index >= 15 is 0 Å². The van der Waals surface area contributed by atoms with Gasteiger partial charge < -0.3 is 4.90 Å². The van der Waals surface area contributed by atoms with Gasteiger partial charge in [-0.1, -0.05) is 34.6 Å². The first-order valence-corrected chi connectivity index (χ1v) is 8.45. The summed E-state index contributed by atoms with van der Waals surface area (Å²) < 4.78 is 0. The smallest absolute Gasteiger partial charge is 0.0410 e. The summed E-state index contributed by atoms with van der Waals surface area (Å²) in [5, 5.41) is 0. The van der Waals surface area contributed by atoms with Crippen LogP contribution in [0.4, 0.5) is 0 Å². The second kappa shape index (κ2) is 6.08. The van der Waals surface area contributed by atoms with E-state index in [1.165, 1.54) is 16.8 Å². The van der Waals surface area contributed by atoms with Gasteiger partial charge in [-0.3, -0.25) is 4.98 Å². The van der Waals surface area contributed by atoms with E-state index in [1.54, 1.807) is 5.56 Å². The number of pyridine rings is 1. The number of hydrogen-bond acceptors (Lipinski definition) is 2. The van der Waals surface area contributed by atoms with Crippen LogP contribution in [0.3, 0.4) is 0 Å². The molecule has 0 fully saturated rings. The first kappa shape index (κ1) is 16.5. The van der Waals surface area contributed by atoms with Gasteiger partial charge >= 0.3 is 0 Å². The van der Waals surface area contributed by atoms with Crippen molar-refractivity contribution in [1.29, 1.82) is 0 Å². The molecule has 2 heterocycles. The van der Waals surface area contributed by atoms with Crippen LogP contribution in [-0.4, -0.2) is 29.5 Å². The molecule has 1 unspecified atom stereocenters. The molecule has 3 atom stereocenters. The van der Waals surface area contributed by atoms with Crippen LogP contribution in [0.25, 0.3) is 0 Å². The van der Waals surface area contributed by atoms with Crippen LogP contribution in [0.5, 0.6) is 0 Å². The van der Waals surface area contributed by atoms with E-state index in [4.69, 9.17) is 4.98 Å². The molecule has 0 radical (unpaired) electrons. The van der Waals surface area contributed by atoms with Crippen LogP contribution in [0.15, 0.2) is 6.20 Å². The van der Waals surface area contributed by atoms with Crippen LogP contribution in [-0.2, 0) is 0 Å². The molecule has 0 N–H and O–H groups in total. The number of aryl methyl sites for hydroxylation is 1. The van der Waals surface area contributed by atoms with Crippen molar-refractivity contribution < 1.29 is 0 Å². The molecule has 1 aromatic rings. The van der Waals surface area contributed by atoms with Gasteiger partial charge in [-0.15, -0.1) is 0 Å². The molecule has 0 bridgehead atoms. The molecule has 0 spiro atoms. The Morgan fingerprint density at radius 2 is 1.76 bits per heavy atom. The van der Waals surface area contributed by atoms with Crippen molar-refractivity contribution in [3.05, 3.63) is 28.6 Å². The minimum Gasteiger partial charge on any atom is -0.302 e. The molecule has 2 heteroatoms. The highest BCUT2D eigenvalue weighted by Gasteiger charge is 2.34. The van der Waals surface area contributed by atoms with E-state index in [9.17, 15) is 0 Å². The Hall–Kier alpha value is -0.890. The summed E-state index contributed by atoms with van der Waals surface area (Å²) in [6.07, 6.45) is 2.14. The summed E-state index contributed by atoms with van der Waals surface area (Å²) >= 11 is 0. The Morgan fingerprint density at radius 1 is 1.14 bits per heavy atom. The molecular weight excluding hydrogens is 256 g/mol. The third kappa shape index (κ3) is 2.88. The third-order valence-corrected chi connectivity index (χ3v) is 5.54. The average Bonchev–Trinajstić information content (AvgIpc) is 2.50. The minimum absolute atomic E-state index is 0.541. The Kier molecular flexibility index (Phi) is 4.77. The normalized spacial score (nSPS) is 27.0. The van der Waals surface area contributed by atoms with Gasteiger partial charge in [-0.25, -0.2) is 0 Å². The maximum absolute atomic E-state index is 4.74. The van der Waals surface area contributed by atoms with Gasteiger partial charge in [0.2, 0.25) is 0 Å². The molecule has 0 saturated heterocycles. The highest BCUT2D eigenvalue weighted by Crippen LogP contribution is 2.42. The zero-order valence-corrected chi connectivity index (χ0v) is 15.1. The zero-order valence-electron chi connectivity index (χ0n) is 15.1. The maximum atomic E-state index is 4.74.